The molecule has 42 heteroatoms. The third kappa shape index (κ3) is 28.7. The molecule has 25 N–H and O–H groups in total. The fourth-order valence-corrected chi connectivity index (χ4v) is 12.4. The quantitative estimate of drug-likeness (QED) is 0.00749. The highest BCUT2D eigenvalue weighted by molar-refractivity contribution is 7.80. The predicted octanol–water partition coefficient (Wildman–Crippen LogP) is -5.18. The molecular formula is C72H104N22O18S2. The molecule has 5 rings (SSSR count). The summed E-state index contributed by atoms with van der Waals surface area (Å²) in [7, 11) is 1.74. The average Bonchev–Trinajstić information content (AvgIpc) is 1.65. The Morgan fingerprint density at radius 3 is 1.61 bits per heavy atom. The first kappa shape index (κ1) is 92.8. The monoisotopic (exact) mass is 1630 g/mol. The lowest BCUT2D eigenvalue weighted by atomic mass is 9.97. The number of thiol groups is 2. The van der Waals surface area contributed by atoms with E-state index in [0.717, 1.165) is 5.52 Å². The van der Waals surface area contributed by atoms with E-state index in [4.69, 9.17) is 22.6 Å². The number of imidazole rings is 1. The highest BCUT2D eigenvalue weighted by atomic mass is 32.1. The van der Waals surface area contributed by atoms with Crippen LogP contribution in [0.15, 0.2) is 73.4 Å². The summed E-state index contributed by atoms with van der Waals surface area (Å²) in [6, 6.07) is -4.56. The molecule has 3 aromatic heterocycles. The molecule has 0 fully saturated rings. The van der Waals surface area contributed by atoms with Gasteiger partial charge in [0.05, 0.1) is 31.1 Å². The number of aliphatic carboxylic acids is 1. The van der Waals surface area contributed by atoms with Gasteiger partial charge in [-0.25, -0.2) is 4.98 Å². The van der Waals surface area contributed by atoms with E-state index in [1.165, 1.54) is 39.5 Å². The molecule has 114 heavy (non-hydrogen) atoms. The minimum Gasteiger partial charge on any atom is -0.481 e. The largest absolute Gasteiger partial charge is 0.481 e. The Labute approximate surface area is 666 Å². The van der Waals surface area contributed by atoms with E-state index in [-0.39, 0.29) is 61.8 Å². The van der Waals surface area contributed by atoms with Crippen LogP contribution in [0.5, 0.6) is 0 Å². The number of rotatable bonds is 47. The van der Waals surface area contributed by atoms with E-state index in [2.05, 4.69) is 115 Å². The molecule has 0 spiro atoms. The van der Waals surface area contributed by atoms with E-state index in [9.17, 15) is 86.9 Å². The van der Waals surface area contributed by atoms with Crippen LogP contribution in [0.25, 0.3) is 21.8 Å². The zero-order valence-corrected chi connectivity index (χ0v) is 66.0. The van der Waals surface area contributed by atoms with Gasteiger partial charge in [-0.05, 0) is 68.2 Å². The molecule has 5 aromatic rings. The number of carbonyl (C=O) groups excluding carboxylic acids is 15. The minimum atomic E-state index is -2.07. The molecule has 0 saturated heterocycles. The Hall–Kier alpha value is -11.8. The summed E-state index contributed by atoms with van der Waals surface area (Å²) in [4.78, 5) is 229. The zero-order chi connectivity index (χ0) is 84.8. The number of amides is 15. The fourth-order valence-electron chi connectivity index (χ4n) is 11.9. The maximum Gasteiger partial charge on any atom is 0.305 e. The van der Waals surface area contributed by atoms with Crippen LogP contribution in [0.4, 0.5) is 0 Å². The number of primary amides is 2. The molecule has 0 saturated carbocycles. The number of para-hydroxylation sites is 2. The van der Waals surface area contributed by atoms with Crippen LogP contribution in [0, 0.1) is 17.2 Å². The highest BCUT2D eigenvalue weighted by Gasteiger charge is 2.39. The van der Waals surface area contributed by atoms with Gasteiger partial charge in [0, 0.05) is 98.1 Å². The lowest BCUT2D eigenvalue weighted by molar-refractivity contribution is -0.141. The number of guanidine groups is 1. The first-order valence-corrected chi connectivity index (χ1v) is 37.8. The number of aromatic amines is 2. The number of aryl methyl sites for hydroxylation is 1. The van der Waals surface area contributed by atoms with Crippen molar-refractivity contribution in [3.05, 3.63) is 90.3 Å². The number of hydrogen-bond donors (Lipinski definition) is 24. The molecule has 0 radical (unpaired) electrons. The van der Waals surface area contributed by atoms with Gasteiger partial charge in [0.1, 0.15) is 72.5 Å². The topological polar surface area (TPSA) is 633 Å². The second-order valence-electron chi connectivity index (χ2n) is 27.7. The van der Waals surface area contributed by atoms with Crippen LogP contribution in [0.1, 0.15) is 104 Å². The van der Waals surface area contributed by atoms with Crippen molar-refractivity contribution < 1.29 is 86.9 Å². The van der Waals surface area contributed by atoms with Crippen LogP contribution in [-0.2, 0) is 103 Å². The van der Waals surface area contributed by atoms with Gasteiger partial charge in [0.15, 0.2) is 5.96 Å². The van der Waals surface area contributed by atoms with Crippen molar-refractivity contribution in [3.8, 4) is 0 Å². The molecular weight excluding hydrogens is 1530 g/mol. The minimum absolute atomic E-state index is 0.0380. The van der Waals surface area contributed by atoms with Crippen LogP contribution in [-0.4, -0.2) is 233 Å². The summed E-state index contributed by atoms with van der Waals surface area (Å²) in [5.41, 5.74) is 18.8. The maximum absolute atomic E-state index is 14.9. The third-order valence-corrected chi connectivity index (χ3v) is 19.1. The molecule has 622 valence electrons. The number of fused-ring (bicyclic) bond motifs is 2. The molecule has 0 bridgehead atoms. The number of carbonyl (C=O) groups is 16. The molecule has 40 nitrogen and oxygen atoms in total. The van der Waals surface area contributed by atoms with Gasteiger partial charge in [-0.1, -0.05) is 70.5 Å². The highest BCUT2D eigenvalue weighted by Crippen LogP contribution is 2.23. The summed E-state index contributed by atoms with van der Waals surface area (Å²) >= 11 is 8.44. The van der Waals surface area contributed by atoms with Crippen molar-refractivity contribution in [1.29, 1.82) is 5.41 Å². The molecule has 0 unspecified atom stereocenters. The van der Waals surface area contributed by atoms with Crippen LogP contribution in [0.2, 0.25) is 0 Å². The van der Waals surface area contributed by atoms with Crippen LogP contribution < -0.4 is 91.6 Å². The third-order valence-electron chi connectivity index (χ3n) is 18.3. The molecule has 2 aromatic carbocycles. The maximum atomic E-state index is 14.9. The SMILES string of the molecule is CC[C@H](C)[C@H](NC(C)=O)C(=O)N[C@@H](CS)C(=O)N[C@H](C(=O)N[C@@H](Cc1cn(C)c2ccccc12)C(=O)N[C@@H](CCC(N)=O)C(=O)N[C@@H](CC(=O)O)C(=O)N[C@@H](Cc1c[nH]c2ccccc12)C(=O)NCC(=O)N[C@@H](C)C(=O)N[C@@H](Cc1c[nH]cn1)C(=O)N[C@@H](CCCNC(=N)N)C(=O)N[C@@H](CS)C(=O)N[C@H](C(N)=O)[C@@H](C)O)C(C)C. The van der Waals surface area contributed by atoms with Crippen molar-refractivity contribution in [3.63, 3.8) is 0 Å². The number of benzene rings is 2. The van der Waals surface area contributed by atoms with E-state index in [1.54, 1.807) is 87.1 Å². The molecule has 0 aliphatic heterocycles. The van der Waals surface area contributed by atoms with Gasteiger partial charge in [0.2, 0.25) is 88.6 Å². The molecule has 15 amide bonds. The van der Waals surface area contributed by atoms with Gasteiger partial charge in [0.25, 0.3) is 0 Å². The number of aliphatic hydroxyl groups excluding tert-OH is 1. The predicted molar refractivity (Wildman–Crippen MR) is 421 cm³/mol. The van der Waals surface area contributed by atoms with Gasteiger partial charge in [-0.3, -0.25) is 82.1 Å². The fraction of sp³-hybridized carbons (Fsp3) is 0.500. The van der Waals surface area contributed by atoms with Gasteiger partial charge >= 0.3 is 5.97 Å². The Morgan fingerprint density at radius 1 is 0.553 bits per heavy atom. The normalized spacial score (nSPS) is 14.9. The van der Waals surface area contributed by atoms with Crippen molar-refractivity contribution in [2.75, 3.05) is 24.6 Å². The standard InChI is InChI=1S/C72H104N22O18S2/c1-9-35(4)58(83-38(7)96)71(112)91-52(32-114)68(109)92-57(34(2)3)70(111)89-48(24-40-30-94(8)53-19-13-11-16-43(40)53)65(106)85-46(20-21-54(73)97)64(105)88-50(26-56(99)100)67(108)87-47(23-39-27-79-44-17-12-10-15-42(39)44)62(103)80-29-55(98)82-36(5)61(102)86-49(25-41-28-77-33-81-41)66(107)84-45(18-14-22-78-72(75)76)63(104)90-51(31-113)69(110)93-59(37(6)95)60(74)101/h10-13,15-17,19,27-28,30,33-37,45-52,57-59,79,95,113-114H,9,14,18,20-26,29,31-32H2,1-8H3,(H2,73,97)(H2,74,101)(H,77,81)(H,80,103)(H,82,98)(H,83,96)(H,84,107)(H,85,106)(H,86,102)(H,87,108)(H,88,105)(H,89,111)(H,90,104)(H,91,112)(H,92,109)(H,93,110)(H,99,100)(H4,75,76,78)/t35-,36-,37+,45-,46-,47-,48-,49-,50-,51-,52-,57-,58-,59-/m0/s1. The Balaban J connectivity index is 1.38. The number of aromatic nitrogens is 4. The number of aliphatic hydroxyl groups is 1. The smallest absolute Gasteiger partial charge is 0.305 e. The first-order valence-electron chi connectivity index (χ1n) is 36.6. The van der Waals surface area contributed by atoms with E-state index < -0.39 is 211 Å². The molecule has 3 heterocycles. The lowest BCUT2D eigenvalue weighted by Crippen LogP contribution is -2.61. The zero-order valence-electron chi connectivity index (χ0n) is 64.2. The number of carboxylic acids is 1. The number of H-pyrrole nitrogens is 2. The summed E-state index contributed by atoms with van der Waals surface area (Å²) < 4.78 is 1.76. The Kier molecular flexibility index (Phi) is 36.6. The number of nitrogens with one attached hydrogen (secondary N) is 17. The molecule has 0 aliphatic rings. The van der Waals surface area contributed by atoms with Crippen molar-refractivity contribution >= 4 is 148 Å². The number of nitrogens with two attached hydrogens (primary N) is 3. The summed E-state index contributed by atoms with van der Waals surface area (Å²) in [5, 5.41) is 63.9. The van der Waals surface area contributed by atoms with Crippen LogP contribution in [0.3, 0.4) is 0 Å². The van der Waals surface area contributed by atoms with E-state index in [1.807, 2.05) is 6.92 Å². The average molecular weight is 1630 g/mol. The van der Waals surface area contributed by atoms with Crippen molar-refractivity contribution in [2.24, 2.45) is 36.1 Å². The number of nitrogens with zero attached hydrogens (tertiary/aromatic N) is 2. The lowest BCUT2D eigenvalue weighted by Gasteiger charge is -2.29. The molecule has 14 atom stereocenters. The van der Waals surface area contributed by atoms with Gasteiger partial charge < -0.3 is 116 Å². The summed E-state index contributed by atoms with van der Waals surface area (Å²) in [6.07, 6.45) is 1.65. The summed E-state index contributed by atoms with van der Waals surface area (Å²) in [5.74, 6) is -18.2. The second-order valence-corrected chi connectivity index (χ2v) is 28.4. The first-order chi connectivity index (χ1) is 53.9. The van der Waals surface area contributed by atoms with Gasteiger partial charge in [-0.15, -0.1) is 0 Å². The van der Waals surface area contributed by atoms with E-state index >= 15 is 0 Å². The second kappa shape index (κ2) is 45.0. The van der Waals surface area contributed by atoms with Crippen molar-refractivity contribution in [1.82, 2.24) is 94.0 Å². The van der Waals surface area contributed by atoms with Crippen LogP contribution >= 0.6 is 25.3 Å². The van der Waals surface area contributed by atoms with Crippen molar-refractivity contribution in [2.45, 2.75) is 185 Å². The van der Waals surface area contributed by atoms with Gasteiger partial charge in [-0.2, -0.15) is 25.3 Å². The Bertz CT molecular complexity index is 4270. The van der Waals surface area contributed by atoms with E-state index in [0.29, 0.717) is 33.8 Å². The number of hydrogen-bond acceptors (Lipinski definition) is 21. The summed E-state index contributed by atoms with van der Waals surface area (Å²) in [6.45, 7) is 9.53. The Morgan fingerprint density at radius 2 is 1.05 bits per heavy atom. The molecule has 0 aliphatic carbocycles. The number of carboxylic acid groups (broad SMARTS) is 1.